The molecular weight excluding hydrogens is 455 g/mol. The molecule has 1 fully saturated rings. The van der Waals surface area contributed by atoms with Crippen LogP contribution in [0.15, 0.2) is 33.5 Å². The van der Waals surface area contributed by atoms with E-state index in [1.54, 1.807) is 6.92 Å². The highest BCUT2D eigenvalue weighted by molar-refractivity contribution is 8.01. The molecule has 13 heteroatoms. The Morgan fingerprint density at radius 1 is 1.33 bits per heavy atom. The van der Waals surface area contributed by atoms with Gasteiger partial charge in [-0.2, -0.15) is 4.31 Å². The molecule has 2 heterocycles. The Bertz CT molecular complexity index is 1010. The van der Waals surface area contributed by atoms with E-state index in [9.17, 15) is 22.4 Å². The molecular formula is C17H19FN4O5S3. The Morgan fingerprint density at radius 2 is 2.07 bits per heavy atom. The third-order valence-electron chi connectivity index (χ3n) is 4.18. The van der Waals surface area contributed by atoms with Gasteiger partial charge in [-0.25, -0.2) is 12.8 Å². The van der Waals surface area contributed by atoms with Crippen LogP contribution >= 0.6 is 23.1 Å². The number of sulfonamides is 1. The van der Waals surface area contributed by atoms with Crippen LogP contribution in [-0.2, 0) is 24.3 Å². The van der Waals surface area contributed by atoms with Gasteiger partial charge >= 0.3 is 5.97 Å². The number of amides is 1. The molecule has 0 bridgehead atoms. The van der Waals surface area contributed by atoms with E-state index in [2.05, 4.69) is 15.5 Å². The second kappa shape index (κ2) is 9.81. The Labute approximate surface area is 181 Å². The van der Waals surface area contributed by atoms with E-state index in [0.717, 1.165) is 39.5 Å². The van der Waals surface area contributed by atoms with E-state index in [4.69, 9.17) is 4.74 Å². The van der Waals surface area contributed by atoms with Crippen molar-refractivity contribution in [3.05, 3.63) is 30.1 Å². The number of hydrogen-bond donors (Lipinski definition) is 1. The molecule has 1 amide bonds. The van der Waals surface area contributed by atoms with Crippen molar-refractivity contribution in [3.63, 3.8) is 0 Å². The zero-order chi connectivity index (χ0) is 21.7. The highest BCUT2D eigenvalue weighted by Gasteiger charge is 2.39. The number of carbonyl (C=O) groups is 2. The summed E-state index contributed by atoms with van der Waals surface area (Å²) in [6.45, 7) is 2.19. The zero-order valence-corrected chi connectivity index (χ0v) is 18.4. The largest absolute Gasteiger partial charge is 0.465 e. The first-order valence-corrected chi connectivity index (χ1v) is 12.3. The van der Waals surface area contributed by atoms with Gasteiger partial charge in [-0.3, -0.25) is 14.9 Å². The lowest BCUT2D eigenvalue weighted by atomic mass is 10.2. The first-order valence-electron chi connectivity index (χ1n) is 9.01. The van der Waals surface area contributed by atoms with Gasteiger partial charge in [0.2, 0.25) is 21.1 Å². The molecule has 3 rings (SSSR count). The second-order valence-corrected chi connectivity index (χ2v) is 10.3. The minimum atomic E-state index is -3.94. The first kappa shape index (κ1) is 22.6. The lowest BCUT2D eigenvalue weighted by molar-refractivity contribution is -0.139. The Morgan fingerprint density at radius 3 is 2.77 bits per heavy atom. The van der Waals surface area contributed by atoms with Crippen LogP contribution in [0.1, 0.15) is 19.8 Å². The minimum absolute atomic E-state index is 0.0721. The van der Waals surface area contributed by atoms with E-state index >= 15 is 0 Å². The number of rotatable bonds is 8. The van der Waals surface area contributed by atoms with E-state index in [0.29, 0.717) is 17.2 Å². The fourth-order valence-corrected chi connectivity index (χ4v) is 6.07. The number of nitrogens with zero attached hydrogens (tertiary/aromatic N) is 3. The van der Waals surface area contributed by atoms with Gasteiger partial charge in [0, 0.05) is 6.54 Å². The Hall–Kier alpha value is -2.09. The van der Waals surface area contributed by atoms with Crippen LogP contribution in [-0.4, -0.2) is 59.7 Å². The number of esters is 1. The number of ether oxygens (including phenoxy) is 1. The number of hydrogen-bond acceptors (Lipinski definition) is 9. The van der Waals surface area contributed by atoms with Crippen molar-refractivity contribution in [1.29, 1.82) is 0 Å². The van der Waals surface area contributed by atoms with E-state index in [1.807, 2.05) is 0 Å². The minimum Gasteiger partial charge on any atom is -0.465 e. The third-order valence-corrected chi connectivity index (χ3v) is 8.05. The topological polar surface area (TPSA) is 119 Å². The van der Waals surface area contributed by atoms with Crippen molar-refractivity contribution < 1.29 is 27.1 Å². The fraction of sp³-hybridized carbons (Fsp3) is 0.412. The highest BCUT2D eigenvalue weighted by atomic mass is 32.2. The van der Waals surface area contributed by atoms with Crippen molar-refractivity contribution in [3.8, 4) is 0 Å². The molecule has 0 aliphatic carbocycles. The molecule has 1 aliphatic rings. The summed E-state index contributed by atoms with van der Waals surface area (Å²) >= 11 is 2.21. The Balaban J connectivity index is 1.65. The zero-order valence-electron chi connectivity index (χ0n) is 15.9. The number of aromatic nitrogens is 2. The summed E-state index contributed by atoms with van der Waals surface area (Å²) in [5.41, 5.74) is 0. The van der Waals surface area contributed by atoms with Crippen LogP contribution in [0, 0.1) is 5.82 Å². The molecule has 0 spiro atoms. The molecule has 1 aromatic heterocycles. The smallest absolute Gasteiger partial charge is 0.316 e. The average Bonchev–Trinajstić information content (AvgIpc) is 3.37. The van der Waals surface area contributed by atoms with Crippen LogP contribution in [0.25, 0.3) is 0 Å². The molecule has 9 nitrogen and oxygen atoms in total. The molecule has 2 aromatic rings. The van der Waals surface area contributed by atoms with Crippen molar-refractivity contribution in [1.82, 2.24) is 14.5 Å². The average molecular weight is 475 g/mol. The lowest BCUT2D eigenvalue weighted by Gasteiger charge is -2.22. The van der Waals surface area contributed by atoms with Crippen molar-refractivity contribution in [2.75, 3.05) is 24.2 Å². The second-order valence-electron chi connectivity index (χ2n) is 6.18. The number of carbonyl (C=O) groups excluding carboxylic acids is 2. The summed E-state index contributed by atoms with van der Waals surface area (Å²) in [5.74, 6) is -1.37. The van der Waals surface area contributed by atoms with Gasteiger partial charge in [0.1, 0.15) is 11.9 Å². The third kappa shape index (κ3) is 5.33. The molecule has 0 unspecified atom stereocenters. The van der Waals surface area contributed by atoms with Crippen molar-refractivity contribution >= 4 is 50.1 Å². The quantitative estimate of drug-likeness (QED) is 0.351. The molecule has 0 saturated carbocycles. The van der Waals surface area contributed by atoms with Crippen molar-refractivity contribution in [2.45, 2.75) is 35.0 Å². The molecule has 1 aliphatic heterocycles. The van der Waals surface area contributed by atoms with Gasteiger partial charge < -0.3 is 4.74 Å². The molecule has 1 saturated heterocycles. The van der Waals surface area contributed by atoms with Gasteiger partial charge in [0.25, 0.3) is 0 Å². The number of anilines is 1. The van der Waals surface area contributed by atoms with Crippen LogP contribution in [0.2, 0.25) is 0 Å². The number of thioether (sulfide) groups is 1. The molecule has 0 radical (unpaired) electrons. The highest BCUT2D eigenvalue weighted by Crippen LogP contribution is 2.29. The van der Waals surface area contributed by atoms with Crippen LogP contribution in [0.5, 0.6) is 0 Å². The lowest BCUT2D eigenvalue weighted by Crippen LogP contribution is -2.43. The van der Waals surface area contributed by atoms with E-state index < -0.39 is 27.8 Å². The van der Waals surface area contributed by atoms with Crippen LogP contribution < -0.4 is 5.32 Å². The van der Waals surface area contributed by atoms with E-state index in [1.165, 1.54) is 12.1 Å². The monoisotopic (exact) mass is 474 g/mol. The summed E-state index contributed by atoms with van der Waals surface area (Å²) in [4.78, 5) is 24.0. The SMILES string of the molecule is CCOC(=O)CSc1nnc(NC(=O)[C@H]2CCCN2S(=O)(=O)c2ccc(F)cc2)s1. The van der Waals surface area contributed by atoms with Gasteiger partial charge in [0.15, 0.2) is 4.34 Å². The number of nitrogens with one attached hydrogen (secondary N) is 1. The molecule has 1 aromatic carbocycles. The van der Waals surface area contributed by atoms with Crippen LogP contribution in [0.4, 0.5) is 9.52 Å². The van der Waals surface area contributed by atoms with E-state index in [-0.39, 0.29) is 34.9 Å². The molecule has 1 N–H and O–H groups in total. The standard InChI is InChI=1S/C17H19FN4O5S3/c1-2-27-14(23)10-28-17-21-20-16(29-17)19-15(24)13-4-3-9-22(13)30(25,26)12-7-5-11(18)6-8-12/h5-8,13H,2-4,9-10H2,1H3,(H,19,20,24)/t13-/m1/s1. The summed E-state index contributed by atoms with van der Waals surface area (Å²) < 4.78 is 45.3. The summed E-state index contributed by atoms with van der Waals surface area (Å²) in [5, 5.41) is 10.5. The summed E-state index contributed by atoms with van der Waals surface area (Å²) in [6, 6.07) is 3.58. The Kier molecular flexibility index (Phi) is 7.39. The maximum absolute atomic E-state index is 13.1. The van der Waals surface area contributed by atoms with Gasteiger partial charge in [-0.1, -0.05) is 23.1 Å². The number of benzene rings is 1. The first-order chi connectivity index (χ1) is 14.3. The van der Waals surface area contributed by atoms with Crippen molar-refractivity contribution in [2.24, 2.45) is 0 Å². The van der Waals surface area contributed by atoms with Gasteiger partial charge in [0.05, 0.1) is 17.3 Å². The predicted octanol–water partition coefficient (Wildman–Crippen LogP) is 2.12. The summed E-state index contributed by atoms with van der Waals surface area (Å²) in [7, 11) is -3.94. The normalized spacial score (nSPS) is 17.1. The fourth-order valence-electron chi connectivity index (χ4n) is 2.86. The molecule has 30 heavy (non-hydrogen) atoms. The maximum atomic E-state index is 13.1. The maximum Gasteiger partial charge on any atom is 0.316 e. The van der Waals surface area contributed by atoms with Crippen LogP contribution in [0.3, 0.4) is 0 Å². The molecule has 162 valence electrons. The predicted molar refractivity (Wildman–Crippen MR) is 109 cm³/mol. The number of halogens is 1. The molecule has 1 atom stereocenters. The summed E-state index contributed by atoms with van der Waals surface area (Å²) in [6.07, 6.45) is 0.880. The van der Waals surface area contributed by atoms with Gasteiger partial charge in [-0.05, 0) is 44.0 Å². The van der Waals surface area contributed by atoms with Gasteiger partial charge in [-0.15, -0.1) is 10.2 Å².